The second-order valence-electron chi connectivity index (χ2n) is 3.74. The highest BCUT2D eigenvalue weighted by Crippen LogP contribution is 2.17. The molecule has 0 heterocycles. The van der Waals surface area contributed by atoms with Crippen LogP contribution in [0.15, 0.2) is 0 Å². The van der Waals surface area contributed by atoms with Crippen molar-refractivity contribution in [3.05, 3.63) is 0 Å². The predicted molar refractivity (Wildman–Crippen MR) is 55.2 cm³/mol. The second-order valence-corrected chi connectivity index (χ2v) is 5.29. The summed E-state index contributed by atoms with van der Waals surface area (Å²) in [6, 6.07) is 0.534. The maximum Gasteiger partial charge on any atom is 0.0541 e. The van der Waals surface area contributed by atoms with Gasteiger partial charge in [0.2, 0.25) is 0 Å². The summed E-state index contributed by atoms with van der Waals surface area (Å²) in [7, 11) is -0.689. The highest BCUT2D eigenvalue weighted by atomic mass is 32.2. The minimum atomic E-state index is -0.689. The fourth-order valence-corrected chi connectivity index (χ4v) is 2.09. The molecule has 4 heteroatoms. The van der Waals surface area contributed by atoms with E-state index in [1.807, 2.05) is 0 Å². The Kier molecular flexibility index (Phi) is 4.91. The number of aliphatic hydroxyl groups is 1. The lowest BCUT2D eigenvalue weighted by Crippen LogP contribution is -2.36. The van der Waals surface area contributed by atoms with Gasteiger partial charge < -0.3 is 10.4 Å². The van der Waals surface area contributed by atoms with Gasteiger partial charge in [-0.25, -0.2) is 0 Å². The van der Waals surface area contributed by atoms with Crippen LogP contribution in [0.1, 0.15) is 25.7 Å². The highest BCUT2D eigenvalue weighted by Gasteiger charge is 2.18. The lowest BCUT2D eigenvalue weighted by molar-refractivity contribution is 0.117. The van der Waals surface area contributed by atoms with E-state index in [4.69, 9.17) is 0 Å². The molecule has 1 aliphatic carbocycles. The molecule has 13 heavy (non-hydrogen) atoms. The number of rotatable bonds is 4. The smallest absolute Gasteiger partial charge is 0.0541 e. The largest absolute Gasteiger partial charge is 0.393 e. The quantitative estimate of drug-likeness (QED) is 0.692. The fourth-order valence-electron chi connectivity index (χ4n) is 1.69. The molecule has 0 saturated heterocycles. The Morgan fingerprint density at radius 3 is 2.54 bits per heavy atom. The molecule has 0 spiro atoms. The van der Waals surface area contributed by atoms with Gasteiger partial charge in [0.1, 0.15) is 0 Å². The Hall–Kier alpha value is 0.0700. The van der Waals surface area contributed by atoms with Crippen molar-refractivity contribution in [2.75, 3.05) is 18.6 Å². The average Bonchev–Trinajstić information content (AvgIpc) is 2.08. The van der Waals surface area contributed by atoms with Crippen LogP contribution >= 0.6 is 0 Å². The molecule has 0 radical (unpaired) electrons. The number of hydrogen-bond donors (Lipinski definition) is 2. The topological polar surface area (TPSA) is 49.3 Å². The van der Waals surface area contributed by atoms with E-state index >= 15 is 0 Å². The third-order valence-corrected chi connectivity index (χ3v) is 3.30. The molecule has 0 aromatic rings. The van der Waals surface area contributed by atoms with Crippen molar-refractivity contribution in [2.45, 2.75) is 37.8 Å². The van der Waals surface area contributed by atoms with Crippen LogP contribution in [0.5, 0.6) is 0 Å². The summed E-state index contributed by atoms with van der Waals surface area (Å²) in [6.07, 6.45) is 5.57. The van der Waals surface area contributed by atoms with Crippen LogP contribution in [0.2, 0.25) is 0 Å². The van der Waals surface area contributed by atoms with Crippen molar-refractivity contribution in [3.8, 4) is 0 Å². The normalized spacial score (nSPS) is 31.5. The van der Waals surface area contributed by atoms with E-state index in [-0.39, 0.29) is 6.10 Å². The molecule has 0 aromatic carbocycles. The van der Waals surface area contributed by atoms with Crippen LogP contribution in [0.25, 0.3) is 0 Å². The SMILES string of the molecule is CS(=O)CCNC1CCC(O)CC1. The third-order valence-electron chi connectivity index (χ3n) is 2.52. The van der Waals surface area contributed by atoms with E-state index in [2.05, 4.69) is 5.32 Å². The molecule has 1 aliphatic rings. The van der Waals surface area contributed by atoms with Crippen LogP contribution in [-0.4, -0.2) is 40.0 Å². The zero-order valence-electron chi connectivity index (χ0n) is 8.16. The van der Waals surface area contributed by atoms with Gasteiger partial charge in [0, 0.05) is 35.4 Å². The van der Waals surface area contributed by atoms with Crippen LogP contribution in [0.3, 0.4) is 0 Å². The van der Waals surface area contributed by atoms with Gasteiger partial charge in [0.25, 0.3) is 0 Å². The van der Waals surface area contributed by atoms with E-state index in [1.54, 1.807) is 6.26 Å². The van der Waals surface area contributed by atoms with Crippen molar-refractivity contribution >= 4 is 10.8 Å². The standard InChI is InChI=1S/C9H19NO2S/c1-13(12)7-6-10-8-2-4-9(11)5-3-8/h8-11H,2-7H2,1H3. The zero-order valence-corrected chi connectivity index (χ0v) is 8.98. The van der Waals surface area contributed by atoms with Crippen LogP contribution in [-0.2, 0) is 10.8 Å². The molecule has 2 N–H and O–H groups in total. The summed E-state index contributed by atoms with van der Waals surface area (Å²) in [4.78, 5) is 0. The van der Waals surface area contributed by atoms with Gasteiger partial charge in [0.05, 0.1) is 6.10 Å². The van der Waals surface area contributed by atoms with Gasteiger partial charge in [-0.05, 0) is 25.7 Å². The summed E-state index contributed by atoms with van der Waals surface area (Å²) in [5.74, 6) is 0.735. The van der Waals surface area contributed by atoms with Gasteiger partial charge in [-0.2, -0.15) is 0 Å². The first-order chi connectivity index (χ1) is 6.18. The molecule has 78 valence electrons. The number of hydrogen-bond acceptors (Lipinski definition) is 3. The van der Waals surface area contributed by atoms with Crippen molar-refractivity contribution in [3.63, 3.8) is 0 Å². The summed E-state index contributed by atoms with van der Waals surface area (Å²) in [5.41, 5.74) is 0. The Morgan fingerprint density at radius 2 is 2.00 bits per heavy atom. The number of aliphatic hydroxyl groups excluding tert-OH is 1. The first-order valence-electron chi connectivity index (χ1n) is 4.90. The number of nitrogens with one attached hydrogen (secondary N) is 1. The van der Waals surface area contributed by atoms with E-state index in [0.717, 1.165) is 38.0 Å². The molecule has 1 rings (SSSR count). The van der Waals surface area contributed by atoms with E-state index < -0.39 is 10.8 Å². The molecule has 1 unspecified atom stereocenters. The molecule has 0 bridgehead atoms. The van der Waals surface area contributed by atoms with Crippen molar-refractivity contribution in [2.24, 2.45) is 0 Å². The predicted octanol–water partition coefficient (Wildman–Crippen LogP) is 0.258. The average molecular weight is 205 g/mol. The second kappa shape index (κ2) is 5.73. The summed E-state index contributed by atoms with van der Waals surface area (Å²) < 4.78 is 10.8. The molecule has 1 fully saturated rings. The Balaban J connectivity index is 2.05. The van der Waals surface area contributed by atoms with E-state index in [1.165, 1.54) is 0 Å². The molecule has 0 amide bonds. The summed E-state index contributed by atoms with van der Waals surface area (Å²) in [6.45, 7) is 0.837. The molecule has 1 atom stereocenters. The molecule has 3 nitrogen and oxygen atoms in total. The van der Waals surface area contributed by atoms with E-state index in [9.17, 15) is 9.32 Å². The fraction of sp³-hybridized carbons (Fsp3) is 1.00. The van der Waals surface area contributed by atoms with Crippen molar-refractivity contribution < 1.29 is 9.32 Å². The van der Waals surface area contributed by atoms with Crippen LogP contribution < -0.4 is 5.32 Å². The minimum Gasteiger partial charge on any atom is -0.393 e. The Labute approximate surface area is 82.4 Å². The first-order valence-corrected chi connectivity index (χ1v) is 6.62. The monoisotopic (exact) mass is 205 g/mol. The Bertz CT molecular complexity index is 167. The van der Waals surface area contributed by atoms with Gasteiger partial charge in [-0.15, -0.1) is 0 Å². The van der Waals surface area contributed by atoms with E-state index in [0.29, 0.717) is 6.04 Å². The third kappa shape index (κ3) is 4.74. The lowest BCUT2D eigenvalue weighted by Gasteiger charge is -2.26. The minimum absolute atomic E-state index is 0.0849. The summed E-state index contributed by atoms with van der Waals surface area (Å²) in [5, 5.41) is 12.6. The molecular formula is C9H19NO2S. The molecular weight excluding hydrogens is 186 g/mol. The summed E-state index contributed by atoms with van der Waals surface area (Å²) >= 11 is 0. The maximum atomic E-state index is 10.8. The Morgan fingerprint density at radius 1 is 1.38 bits per heavy atom. The lowest BCUT2D eigenvalue weighted by atomic mass is 9.93. The van der Waals surface area contributed by atoms with Gasteiger partial charge in [-0.1, -0.05) is 0 Å². The maximum absolute atomic E-state index is 10.8. The van der Waals surface area contributed by atoms with Crippen LogP contribution in [0, 0.1) is 0 Å². The van der Waals surface area contributed by atoms with Gasteiger partial charge in [0.15, 0.2) is 0 Å². The molecule has 0 aromatic heterocycles. The first kappa shape index (κ1) is 11.1. The molecule has 1 saturated carbocycles. The highest BCUT2D eigenvalue weighted by molar-refractivity contribution is 7.84. The van der Waals surface area contributed by atoms with Crippen molar-refractivity contribution in [1.82, 2.24) is 5.32 Å². The van der Waals surface area contributed by atoms with Gasteiger partial charge in [-0.3, -0.25) is 4.21 Å². The molecule has 0 aliphatic heterocycles. The van der Waals surface area contributed by atoms with Crippen molar-refractivity contribution in [1.29, 1.82) is 0 Å². The van der Waals surface area contributed by atoms with Gasteiger partial charge >= 0.3 is 0 Å². The zero-order chi connectivity index (χ0) is 9.68. The van der Waals surface area contributed by atoms with Crippen LogP contribution in [0.4, 0.5) is 0 Å².